The van der Waals surface area contributed by atoms with Crippen LogP contribution in [0.4, 0.5) is 0 Å². The molecule has 2 heterocycles. The first kappa shape index (κ1) is 19.5. The van der Waals surface area contributed by atoms with Gasteiger partial charge in [0.15, 0.2) is 0 Å². The van der Waals surface area contributed by atoms with E-state index in [0.717, 1.165) is 43.7 Å². The summed E-state index contributed by atoms with van der Waals surface area (Å²) in [7, 11) is 0. The van der Waals surface area contributed by atoms with E-state index in [0.29, 0.717) is 24.4 Å². The highest BCUT2D eigenvalue weighted by molar-refractivity contribution is 7.99. The fourth-order valence-electron chi connectivity index (χ4n) is 4.58. The Bertz CT molecular complexity index is 801. The van der Waals surface area contributed by atoms with E-state index >= 15 is 0 Å². The second-order valence-corrected chi connectivity index (χ2v) is 9.17. The number of benzene rings is 2. The summed E-state index contributed by atoms with van der Waals surface area (Å²) in [6.45, 7) is 5.18. The lowest BCUT2D eigenvalue weighted by Crippen LogP contribution is -2.50. The van der Waals surface area contributed by atoms with Crippen molar-refractivity contribution in [3.8, 4) is 0 Å². The Balaban J connectivity index is 1.54. The van der Waals surface area contributed by atoms with Crippen molar-refractivity contribution in [2.24, 2.45) is 0 Å². The zero-order valence-corrected chi connectivity index (χ0v) is 17.4. The van der Waals surface area contributed by atoms with Crippen LogP contribution in [0.25, 0.3) is 0 Å². The predicted octanol–water partition coefficient (Wildman–Crippen LogP) is 4.75. The number of aryl methyl sites for hydroxylation is 1. The summed E-state index contributed by atoms with van der Waals surface area (Å²) >= 11 is 2.00. The number of nitrogens with zero attached hydrogens (tertiary/aromatic N) is 1. The number of carbonyl (C=O) groups is 1. The fourth-order valence-corrected chi connectivity index (χ4v) is 5.90. The Kier molecular flexibility index (Phi) is 6.07. The van der Waals surface area contributed by atoms with Crippen LogP contribution < -0.4 is 0 Å². The van der Waals surface area contributed by atoms with Crippen LogP contribution in [0.2, 0.25) is 0 Å². The molecule has 2 aromatic rings. The quantitative estimate of drug-likeness (QED) is 0.751. The van der Waals surface area contributed by atoms with Crippen LogP contribution in [0.3, 0.4) is 0 Å². The summed E-state index contributed by atoms with van der Waals surface area (Å²) in [4.78, 5) is 15.9. The Morgan fingerprint density at radius 2 is 1.75 bits per heavy atom. The Morgan fingerprint density at radius 3 is 2.50 bits per heavy atom. The fraction of sp³-hybridized carbons (Fsp3) is 0.458. The third-order valence-corrected chi connectivity index (χ3v) is 7.56. The van der Waals surface area contributed by atoms with E-state index in [-0.39, 0.29) is 0 Å². The maximum absolute atomic E-state index is 13.8. The summed E-state index contributed by atoms with van der Waals surface area (Å²) in [5.74, 6) is 1.29. The van der Waals surface area contributed by atoms with E-state index in [1.165, 1.54) is 11.1 Å². The van der Waals surface area contributed by atoms with Gasteiger partial charge in [-0.2, -0.15) is 11.8 Å². The van der Waals surface area contributed by atoms with Gasteiger partial charge in [0.05, 0.1) is 5.41 Å². The number of rotatable bonds is 3. The first-order chi connectivity index (χ1) is 13.7. The maximum Gasteiger partial charge on any atom is 0.233 e. The molecule has 148 valence electrons. The van der Waals surface area contributed by atoms with Crippen molar-refractivity contribution in [2.45, 2.75) is 36.9 Å². The van der Waals surface area contributed by atoms with Crippen molar-refractivity contribution in [3.05, 3.63) is 71.3 Å². The molecule has 0 N–H and O–H groups in total. The molecule has 0 bridgehead atoms. The average molecular weight is 396 g/mol. The van der Waals surface area contributed by atoms with Gasteiger partial charge < -0.3 is 9.64 Å². The second-order valence-electron chi connectivity index (χ2n) is 7.86. The molecule has 1 atom stereocenters. The predicted molar refractivity (Wildman–Crippen MR) is 116 cm³/mol. The van der Waals surface area contributed by atoms with Gasteiger partial charge in [-0.3, -0.25) is 4.79 Å². The highest BCUT2D eigenvalue weighted by Crippen LogP contribution is 2.40. The van der Waals surface area contributed by atoms with Crippen LogP contribution in [0.5, 0.6) is 0 Å². The van der Waals surface area contributed by atoms with Gasteiger partial charge in [-0.25, -0.2) is 0 Å². The maximum atomic E-state index is 13.8. The van der Waals surface area contributed by atoms with Crippen molar-refractivity contribution < 1.29 is 9.53 Å². The van der Waals surface area contributed by atoms with Gasteiger partial charge in [0, 0.05) is 37.3 Å². The van der Waals surface area contributed by atoms with E-state index in [1.54, 1.807) is 0 Å². The molecule has 4 rings (SSSR count). The molecule has 0 saturated carbocycles. The molecular formula is C24H29NO2S. The lowest BCUT2D eigenvalue weighted by atomic mass is 9.73. The summed E-state index contributed by atoms with van der Waals surface area (Å²) in [5, 5.41) is 0.473. The smallest absolute Gasteiger partial charge is 0.233 e. The zero-order chi connectivity index (χ0) is 19.4. The van der Waals surface area contributed by atoms with E-state index < -0.39 is 5.41 Å². The lowest BCUT2D eigenvalue weighted by Gasteiger charge is -2.40. The van der Waals surface area contributed by atoms with Crippen molar-refractivity contribution in [1.82, 2.24) is 4.90 Å². The van der Waals surface area contributed by atoms with E-state index in [2.05, 4.69) is 48.2 Å². The van der Waals surface area contributed by atoms with Gasteiger partial charge in [0.25, 0.3) is 0 Å². The number of carbonyl (C=O) groups excluding carboxylic acids is 1. The van der Waals surface area contributed by atoms with Gasteiger partial charge in [-0.1, -0.05) is 54.6 Å². The monoisotopic (exact) mass is 395 g/mol. The molecule has 4 heteroatoms. The summed E-state index contributed by atoms with van der Waals surface area (Å²) < 4.78 is 5.62. The summed E-state index contributed by atoms with van der Waals surface area (Å²) in [5.41, 5.74) is 3.50. The van der Waals surface area contributed by atoms with Crippen molar-refractivity contribution in [1.29, 1.82) is 0 Å². The van der Waals surface area contributed by atoms with Crippen LogP contribution >= 0.6 is 11.8 Å². The first-order valence-corrected chi connectivity index (χ1v) is 11.4. The normalized spacial score (nSPS) is 22.5. The van der Waals surface area contributed by atoms with Crippen LogP contribution in [0.1, 0.15) is 41.2 Å². The second kappa shape index (κ2) is 8.71. The molecule has 2 aliphatic heterocycles. The Hall–Kier alpha value is -1.78. The number of hydrogen-bond donors (Lipinski definition) is 0. The molecule has 1 amide bonds. The third kappa shape index (κ3) is 3.85. The summed E-state index contributed by atoms with van der Waals surface area (Å²) in [6, 6.07) is 19.0. The van der Waals surface area contributed by atoms with Crippen LogP contribution in [0, 0.1) is 6.92 Å². The molecule has 3 nitrogen and oxygen atoms in total. The zero-order valence-electron chi connectivity index (χ0n) is 16.6. The van der Waals surface area contributed by atoms with Gasteiger partial charge in [0.1, 0.15) is 0 Å². The molecule has 2 saturated heterocycles. The highest BCUT2D eigenvalue weighted by Gasteiger charge is 2.44. The van der Waals surface area contributed by atoms with Gasteiger partial charge in [0.2, 0.25) is 5.91 Å². The van der Waals surface area contributed by atoms with Crippen molar-refractivity contribution in [2.75, 3.05) is 32.1 Å². The number of hydrogen-bond acceptors (Lipinski definition) is 3. The Labute approximate surface area is 172 Å². The number of ether oxygens (including phenoxy) is 1. The van der Waals surface area contributed by atoms with E-state index in [1.807, 2.05) is 30.0 Å². The minimum atomic E-state index is -0.424. The molecule has 0 spiro atoms. The molecule has 28 heavy (non-hydrogen) atoms. The van der Waals surface area contributed by atoms with Gasteiger partial charge in [-0.05, 0) is 42.9 Å². The largest absolute Gasteiger partial charge is 0.381 e. The molecule has 2 aliphatic rings. The topological polar surface area (TPSA) is 29.5 Å². The minimum Gasteiger partial charge on any atom is -0.381 e. The number of amides is 1. The van der Waals surface area contributed by atoms with Gasteiger partial charge in [-0.15, -0.1) is 0 Å². The first-order valence-electron chi connectivity index (χ1n) is 10.3. The molecular weight excluding hydrogens is 366 g/mol. The standard InChI is InChI=1S/C24H29NO2S/c1-19-7-5-6-10-21(19)22-11-14-25(15-18-28-22)23(26)24(12-16-27-17-13-24)20-8-3-2-4-9-20/h2-10,22H,11-18H2,1H3. The van der Waals surface area contributed by atoms with Crippen LogP contribution in [0.15, 0.2) is 54.6 Å². The summed E-state index contributed by atoms with van der Waals surface area (Å²) in [6.07, 6.45) is 2.57. The molecule has 1 unspecified atom stereocenters. The average Bonchev–Trinajstić information content (AvgIpc) is 3.01. The molecule has 2 fully saturated rings. The highest BCUT2D eigenvalue weighted by atomic mass is 32.2. The molecule has 0 aromatic heterocycles. The van der Waals surface area contributed by atoms with E-state index in [9.17, 15) is 4.79 Å². The van der Waals surface area contributed by atoms with E-state index in [4.69, 9.17) is 4.74 Å². The van der Waals surface area contributed by atoms with Crippen molar-refractivity contribution in [3.63, 3.8) is 0 Å². The van der Waals surface area contributed by atoms with Crippen LogP contribution in [-0.2, 0) is 14.9 Å². The van der Waals surface area contributed by atoms with Gasteiger partial charge >= 0.3 is 0 Å². The molecule has 2 aromatic carbocycles. The Morgan fingerprint density at radius 1 is 1.04 bits per heavy atom. The third-order valence-electron chi connectivity index (χ3n) is 6.25. The van der Waals surface area contributed by atoms with Crippen molar-refractivity contribution >= 4 is 17.7 Å². The molecule has 0 radical (unpaired) electrons. The molecule has 0 aliphatic carbocycles. The van der Waals surface area contributed by atoms with Crippen LogP contribution in [-0.4, -0.2) is 42.9 Å². The SMILES string of the molecule is Cc1ccccc1C1CCN(C(=O)C2(c3ccccc3)CCOCC2)CCS1. The lowest BCUT2D eigenvalue weighted by molar-refractivity contribution is -0.141. The minimum absolute atomic E-state index is 0.299. The number of thioether (sulfide) groups is 1.